The SMILES string of the molecule is CC(=O)N[C@@H]1C(=O)N2C(C(=O)O)=C(COc3ccc4ccc(=O)oc4c3)CS[C@H]12. The molecule has 1 saturated heterocycles. The average molecular weight is 416 g/mol. The van der Waals surface area contributed by atoms with Gasteiger partial charge in [0.05, 0.1) is 0 Å². The smallest absolute Gasteiger partial charge is 0.352 e. The first kappa shape index (κ1) is 19.1. The van der Waals surface area contributed by atoms with Crippen LogP contribution in [0.5, 0.6) is 5.75 Å². The fraction of sp³-hybridized carbons (Fsp3) is 0.263. The van der Waals surface area contributed by atoms with Crippen LogP contribution in [-0.2, 0) is 14.4 Å². The van der Waals surface area contributed by atoms with E-state index in [4.69, 9.17) is 9.15 Å². The molecule has 4 rings (SSSR count). The van der Waals surface area contributed by atoms with Crippen molar-refractivity contribution in [2.75, 3.05) is 12.4 Å². The lowest BCUT2D eigenvalue weighted by atomic mass is 10.0. The predicted molar refractivity (Wildman–Crippen MR) is 103 cm³/mol. The summed E-state index contributed by atoms with van der Waals surface area (Å²) in [6.07, 6.45) is 0. The van der Waals surface area contributed by atoms with Gasteiger partial charge in [-0.1, -0.05) is 0 Å². The molecule has 10 heteroatoms. The minimum Gasteiger partial charge on any atom is -0.489 e. The van der Waals surface area contributed by atoms with Gasteiger partial charge in [0.1, 0.15) is 35.1 Å². The molecule has 1 aromatic carbocycles. The van der Waals surface area contributed by atoms with E-state index in [0.29, 0.717) is 22.7 Å². The zero-order valence-electron chi connectivity index (χ0n) is 15.2. The second kappa shape index (κ2) is 7.28. The predicted octanol–water partition coefficient (Wildman–Crippen LogP) is 0.930. The van der Waals surface area contributed by atoms with Crippen LogP contribution in [0.15, 0.2) is 50.8 Å². The number of rotatable bonds is 5. The van der Waals surface area contributed by atoms with Crippen molar-refractivity contribution in [2.24, 2.45) is 0 Å². The number of carboxylic acids is 1. The Morgan fingerprint density at radius 3 is 2.79 bits per heavy atom. The van der Waals surface area contributed by atoms with Crippen LogP contribution in [0, 0.1) is 0 Å². The highest BCUT2D eigenvalue weighted by Crippen LogP contribution is 2.40. The van der Waals surface area contributed by atoms with Crippen molar-refractivity contribution in [1.29, 1.82) is 0 Å². The molecular formula is C19H16N2O7S. The third kappa shape index (κ3) is 3.46. The highest BCUT2D eigenvalue weighted by atomic mass is 32.2. The molecule has 0 spiro atoms. The number of ether oxygens (including phenoxy) is 1. The van der Waals surface area contributed by atoms with Crippen LogP contribution in [0.25, 0.3) is 11.0 Å². The molecule has 2 aromatic rings. The van der Waals surface area contributed by atoms with E-state index in [9.17, 15) is 24.3 Å². The summed E-state index contributed by atoms with van der Waals surface area (Å²) in [5.74, 6) is -1.29. The van der Waals surface area contributed by atoms with Crippen molar-refractivity contribution in [3.05, 3.63) is 52.0 Å². The summed E-state index contributed by atoms with van der Waals surface area (Å²) in [6, 6.07) is 7.19. The average Bonchev–Trinajstić information content (AvgIpc) is 2.69. The zero-order valence-corrected chi connectivity index (χ0v) is 16.0. The molecule has 2 atom stereocenters. The summed E-state index contributed by atoms with van der Waals surface area (Å²) in [6.45, 7) is 1.26. The molecule has 0 radical (unpaired) electrons. The quantitative estimate of drug-likeness (QED) is 0.545. The van der Waals surface area contributed by atoms with Crippen LogP contribution in [-0.4, -0.2) is 51.6 Å². The van der Waals surface area contributed by atoms with Gasteiger partial charge in [-0.15, -0.1) is 11.8 Å². The van der Waals surface area contributed by atoms with Gasteiger partial charge in [0.25, 0.3) is 5.91 Å². The molecule has 1 fully saturated rings. The first-order valence-electron chi connectivity index (χ1n) is 8.69. The van der Waals surface area contributed by atoms with Gasteiger partial charge in [-0.3, -0.25) is 14.5 Å². The molecule has 0 aliphatic carbocycles. The Balaban J connectivity index is 1.55. The van der Waals surface area contributed by atoms with Crippen LogP contribution >= 0.6 is 11.8 Å². The molecule has 1 aromatic heterocycles. The number of hydrogen-bond donors (Lipinski definition) is 2. The Bertz CT molecular complexity index is 1120. The number of hydrogen-bond acceptors (Lipinski definition) is 7. The first-order chi connectivity index (χ1) is 13.8. The fourth-order valence-electron chi connectivity index (χ4n) is 3.31. The molecule has 9 nitrogen and oxygen atoms in total. The molecule has 150 valence electrons. The number of fused-ring (bicyclic) bond motifs is 2. The number of carbonyl (C=O) groups is 3. The van der Waals surface area contributed by atoms with E-state index in [-0.39, 0.29) is 18.2 Å². The van der Waals surface area contributed by atoms with Crippen molar-refractivity contribution in [3.63, 3.8) is 0 Å². The Kier molecular flexibility index (Phi) is 4.79. The number of nitrogens with zero attached hydrogens (tertiary/aromatic N) is 1. The van der Waals surface area contributed by atoms with Gasteiger partial charge in [-0.05, 0) is 18.2 Å². The lowest BCUT2D eigenvalue weighted by Crippen LogP contribution is -2.70. The maximum Gasteiger partial charge on any atom is 0.352 e. The van der Waals surface area contributed by atoms with E-state index in [2.05, 4.69) is 5.32 Å². The van der Waals surface area contributed by atoms with Crippen molar-refractivity contribution in [2.45, 2.75) is 18.3 Å². The number of β-lactam (4-membered cyclic amide) rings is 1. The van der Waals surface area contributed by atoms with Crippen LogP contribution < -0.4 is 15.7 Å². The molecule has 3 heterocycles. The molecule has 2 aliphatic rings. The topological polar surface area (TPSA) is 126 Å². The third-order valence-corrected chi connectivity index (χ3v) is 5.96. The van der Waals surface area contributed by atoms with Gasteiger partial charge < -0.3 is 19.6 Å². The first-order valence-corrected chi connectivity index (χ1v) is 9.74. The molecule has 29 heavy (non-hydrogen) atoms. The van der Waals surface area contributed by atoms with Crippen LogP contribution in [0.1, 0.15) is 6.92 Å². The highest BCUT2D eigenvalue weighted by Gasteiger charge is 2.54. The fourth-order valence-corrected chi connectivity index (χ4v) is 4.64. The summed E-state index contributed by atoms with van der Waals surface area (Å²) < 4.78 is 10.8. The molecule has 2 amide bonds. The number of carboxylic acid groups (broad SMARTS) is 1. The summed E-state index contributed by atoms with van der Waals surface area (Å²) in [7, 11) is 0. The number of benzene rings is 1. The molecule has 0 bridgehead atoms. The standard InChI is InChI=1S/C19H16N2O7S/c1-9(22)20-15-17(24)21-16(19(25)26)11(8-29-18(15)21)7-27-12-4-2-10-3-5-14(23)28-13(10)6-12/h2-6,15,18H,7-8H2,1H3,(H,20,22)(H,25,26)/t15-,18-/m1/s1. The summed E-state index contributed by atoms with van der Waals surface area (Å²) in [5.41, 5.74) is 0.206. The largest absolute Gasteiger partial charge is 0.489 e. The minimum absolute atomic E-state index is 0.0431. The normalized spacial score (nSPS) is 20.9. The number of nitrogens with one attached hydrogen (secondary N) is 1. The van der Waals surface area contributed by atoms with Crippen molar-refractivity contribution < 1.29 is 28.6 Å². The Hall–Kier alpha value is -3.27. The maximum atomic E-state index is 12.4. The number of thioether (sulfide) groups is 1. The highest BCUT2D eigenvalue weighted by molar-refractivity contribution is 8.00. The Morgan fingerprint density at radius 1 is 1.31 bits per heavy atom. The second-order valence-corrected chi connectivity index (χ2v) is 7.69. The van der Waals surface area contributed by atoms with Crippen molar-refractivity contribution >= 4 is 40.5 Å². The van der Waals surface area contributed by atoms with Crippen LogP contribution in [0.4, 0.5) is 0 Å². The number of aliphatic carboxylic acids is 1. The molecule has 0 saturated carbocycles. The van der Waals surface area contributed by atoms with Crippen molar-refractivity contribution in [3.8, 4) is 5.75 Å². The van der Waals surface area contributed by atoms with E-state index in [1.165, 1.54) is 29.7 Å². The lowest BCUT2D eigenvalue weighted by Gasteiger charge is -2.49. The van der Waals surface area contributed by atoms with E-state index >= 15 is 0 Å². The third-order valence-electron chi connectivity index (χ3n) is 4.62. The maximum absolute atomic E-state index is 12.4. The van der Waals surface area contributed by atoms with Gasteiger partial charge >= 0.3 is 11.6 Å². The molecular weight excluding hydrogens is 400 g/mol. The Morgan fingerprint density at radius 2 is 2.07 bits per heavy atom. The van der Waals surface area contributed by atoms with E-state index in [1.807, 2.05) is 0 Å². The second-order valence-electron chi connectivity index (χ2n) is 6.59. The monoisotopic (exact) mass is 416 g/mol. The lowest BCUT2D eigenvalue weighted by molar-refractivity contribution is -0.150. The number of amides is 2. The van der Waals surface area contributed by atoms with Gasteiger partial charge in [0, 0.05) is 35.8 Å². The Labute approximate surface area is 168 Å². The van der Waals surface area contributed by atoms with E-state index < -0.39 is 28.9 Å². The molecule has 2 aliphatic heterocycles. The summed E-state index contributed by atoms with van der Waals surface area (Å²) in [5, 5.41) is 12.5. The summed E-state index contributed by atoms with van der Waals surface area (Å²) >= 11 is 1.37. The van der Waals surface area contributed by atoms with Crippen molar-refractivity contribution in [1.82, 2.24) is 10.2 Å². The number of carbonyl (C=O) groups excluding carboxylic acids is 2. The van der Waals surface area contributed by atoms with Crippen LogP contribution in [0.3, 0.4) is 0 Å². The van der Waals surface area contributed by atoms with Gasteiger partial charge in [0.15, 0.2) is 0 Å². The van der Waals surface area contributed by atoms with E-state index in [0.717, 1.165) is 5.39 Å². The minimum atomic E-state index is -1.23. The van der Waals surface area contributed by atoms with Gasteiger partial charge in [-0.2, -0.15) is 0 Å². The molecule has 2 N–H and O–H groups in total. The summed E-state index contributed by atoms with van der Waals surface area (Å²) in [4.78, 5) is 48.0. The molecule has 0 unspecified atom stereocenters. The van der Waals surface area contributed by atoms with Crippen LogP contribution in [0.2, 0.25) is 0 Å². The zero-order chi connectivity index (χ0) is 20.7. The van der Waals surface area contributed by atoms with E-state index in [1.54, 1.807) is 24.3 Å². The van der Waals surface area contributed by atoms with Gasteiger partial charge in [0.2, 0.25) is 5.91 Å². The van der Waals surface area contributed by atoms with Gasteiger partial charge in [-0.25, -0.2) is 9.59 Å².